The lowest BCUT2D eigenvalue weighted by Crippen LogP contribution is -2.30. The second kappa shape index (κ2) is 5.95. The molecule has 98 valence electrons. The van der Waals surface area contributed by atoms with Crippen LogP contribution in [0.2, 0.25) is 0 Å². The van der Waals surface area contributed by atoms with Crippen molar-refractivity contribution in [3.63, 3.8) is 0 Å². The van der Waals surface area contributed by atoms with Gasteiger partial charge in [-0.1, -0.05) is 6.92 Å². The minimum Gasteiger partial charge on any atom is -0.456 e. The smallest absolute Gasteiger partial charge is 0.305 e. The highest BCUT2D eigenvalue weighted by atomic mass is 19.1. The normalized spacial score (nSPS) is 29.8. The third-order valence-electron chi connectivity index (χ3n) is 2.55. The largest absolute Gasteiger partial charge is 0.456 e. The van der Waals surface area contributed by atoms with Gasteiger partial charge in [-0.25, -0.2) is 0 Å². The predicted molar refractivity (Wildman–Crippen MR) is 55.7 cm³/mol. The number of hydrogen-bond donors (Lipinski definition) is 0. The molecule has 5 nitrogen and oxygen atoms in total. The Labute approximate surface area is 99.2 Å². The van der Waals surface area contributed by atoms with Crippen LogP contribution in [-0.4, -0.2) is 37.1 Å². The fourth-order valence-electron chi connectivity index (χ4n) is 1.71. The van der Waals surface area contributed by atoms with Crippen LogP contribution in [0.5, 0.6) is 0 Å². The molecule has 1 aliphatic rings. The first-order valence-corrected chi connectivity index (χ1v) is 5.50. The average Bonchev–Trinajstić information content (AvgIpc) is 2.58. The van der Waals surface area contributed by atoms with Crippen molar-refractivity contribution in [2.24, 2.45) is 5.92 Å². The van der Waals surface area contributed by atoms with E-state index in [0.717, 1.165) is 0 Å². The van der Waals surface area contributed by atoms with Crippen LogP contribution in [0.4, 0.5) is 4.39 Å². The molecule has 1 aliphatic heterocycles. The van der Waals surface area contributed by atoms with E-state index in [2.05, 4.69) is 0 Å². The zero-order valence-corrected chi connectivity index (χ0v) is 10.1. The molecule has 0 saturated carbocycles. The molecule has 0 spiro atoms. The minimum atomic E-state index is -0.935. The van der Waals surface area contributed by atoms with E-state index < -0.39 is 37.1 Å². The van der Waals surface area contributed by atoms with Gasteiger partial charge < -0.3 is 14.2 Å². The Morgan fingerprint density at radius 1 is 1.35 bits per heavy atom. The number of alkyl halides is 1. The van der Waals surface area contributed by atoms with Crippen molar-refractivity contribution in [2.45, 2.75) is 45.7 Å². The quantitative estimate of drug-likeness (QED) is 0.699. The lowest BCUT2D eigenvalue weighted by Gasteiger charge is -2.18. The molecule has 1 saturated heterocycles. The summed E-state index contributed by atoms with van der Waals surface area (Å²) >= 11 is 0. The van der Waals surface area contributed by atoms with Gasteiger partial charge >= 0.3 is 11.9 Å². The van der Waals surface area contributed by atoms with Gasteiger partial charge in [0.05, 0.1) is 12.8 Å². The van der Waals surface area contributed by atoms with Crippen LogP contribution in [0.15, 0.2) is 0 Å². The average molecular weight is 248 g/mol. The van der Waals surface area contributed by atoms with Crippen LogP contribution >= 0.6 is 0 Å². The Balaban J connectivity index is 2.64. The highest BCUT2D eigenvalue weighted by Gasteiger charge is 2.41. The molecule has 1 unspecified atom stereocenters. The van der Waals surface area contributed by atoms with E-state index in [0.29, 0.717) is 6.42 Å². The lowest BCUT2D eigenvalue weighted by molar-refractivity contribution is -0.196. The maximum Gasteiger partial charge on any atom is 0.305 e. The van der Waals surface area contributed by atoms with Gasteiger partial charge in [-0.15, -0.1) is 0 Å². The molecule has 0 aliphatic carbocycles. The van der Waals surface area contributed by atoms with Crippen molar-refractivity contribution in [3.8, 4) is 0 Å². The van der Waals surface area contributed by atoms with Gasteiger partial charge in [-0.05, 0) is 0 Å². The first kappa shape index (κ1) is 13.9. The van der Waals surface area contributed by atoms with Crippen LogP contribution in [-0.2, 0) is 23.8 Å². The van der Waals surface area contributed by atoms with Gasteiger partial charge in [0.25, 0.3) is 0 Å². The maximum absolute atomic E-state index is 12.5. The molecule has 0 bridgehead atoms. The van der Waals surface area contributed by atoms with Gasteiger partial charge in [0.15, 0.2) is 6.10 Å². The molecule has 0 aromatic carbocycles. The van der Waals surface area contributed by atoms with Crippen molar-refractivity contribution in [2.75, 3.05) is 6.67 Å². The van der Waals surface area contributed by atoms with Crippen LogP contribution in [0, 0.1) is 5.92 Å². The minimum absolute atomic E-state index is 0.325. The van der Waals surface area contributed by atoms with E-state index >= 15 is 0 Å². The van der Waals surface area contributed by atoms with Crippen LogP contribution < -0.4 is 0 Å². The van der Waals surface area contributed by atoms with E-state index in [4.69, 9.17) is 14.2 Å². The van der Waals surface area contributed by atoms with Crippen molar-refractivity contribution < 1.29 is 28.2 Å². The van der Waals surface area contributed by atoms with Crippen molar-refractivity contribution in [1.29, 1.82) is 0 Å². The van der Waals surface area contributed by atoms with Gasteiger partial charge in [0, 0.05) is 26.2 Å². The summed E-state index contributed by atoms with van der Waals surface area (Å²) in [4.78, 5) is 21.7. The highest BCUT2D eigenvalue weighted by molar-refractivity contribution is 5.67. The van der Waals surface area contributed by atoms with Gasteiger partial charge in [0.1, 0.15) is 0 Å². The van der Waals surface area contributed by atoms with E-state index in [1.54, 1.807) is 6.92 Å². The number of carbonyl (C=O) groups excluding carboxylic acids is 2. The molecule has 0 aromatic heterocycles. The lowest BCUT2D eigenvalue weighted by atomic mass is 10.0. The van der Waals surface area contributed by atoms with Crippen LogP contribution in [0.25, 0.3) is 0 Å². The summed E-state index contributed by atoms with van der Waals surface area (Å²) in [5, 5.41) is 0. The fourth-order valence-corrected chi connectivity index (χ4v) is 1.71. The molecule has 6 heteroatoms. The molecule has 1 rings (SSSR count). The summed E-state index contributed by atoms with van der Waals surface area (Å²) < 4.78 is 27.8. The van der Waals surface area contributed by atoms with E-state index in [9.17, 15) is 14.0 Å². The Hall–Kier alpha value is -1.17. The van der Waals surface area contributed by atoms with Crippen LogP contribution in [0.1, 0.15) is 27.2 Å². The second-order valence-corrected chi connectivity index (χ2v) is 4.17. The SMILES string of the molecule is CC(=O)OC1O[C@H]([C@H](C)CF)C[C@H]1OC(C)=O. The number of esters is 2. The zero-order chi connectivity index (χ0) is 13.0. The monoisotopic (exact) mass is 248 g/mol. The van der Waals surface area contributed by atoms with Gasteiger partial charge in [-0.2, -0.15) is 0 Å². The standard InChI is InChI=1S/C11H17FO5/c1-6(5-12)9-4-10(15-7(2)13)11(17-9)16-8(3)14/h6,9-11H,4-5H2,1-3H3/t6-,9+,10-,11?/m1/s1. The Kier molecular flexibility index (Phi) is 4.86. The molecular formula is C11H17FO5. The Morgan fingerprint density at radius 2 is 1.94 bits per heavy atom. The molecule has 1 heterocycles. The van der Waals surface area contributed by atoms with Crippen molar-refractivity contribution in [3.05, 3.63) is 0 Å². The Morgan fingerprint density at radius 3 is 2.41 bits per heavy atom. The number of hydrogen-bond acceptors (Lipinski definition) is 5. The first-order chi connectivity index (χ1) is 7.93. The third kappa shape index (κ3) is 3.96. The predicted octanol–water partition coefficient (Wildman–Crippen LogP) is 1.20. The highest BCUT2D eigenvalue weighted by Crippen LogP contribution is 2.29. The molecule has 0 amide bonds. The summed E-state index contributed by atoms with van der Waals surface area (Å²) in [5.41, 5.74) is 0. The van der Waals surface area contributed by atoms with Crippen LogP contribution in [0.3, 0.4) is 0 Å². The zero-order valence-electron chi connectivity index (χ0n) is 10.1. The van der Waals surface area contributed by atoms with Gasteiger partial charge in [-0.3, -0.25) is 14.0 Å². The summed E-state index contributed by atoms with van der Waals surface area (Å²) in [7, 11) is 0. The Bertz CT molecular complexity index is 270. The third-order valence-corrected chi connectivity index (χ3v) is 2.55. The number of ether oxygens (including phenoxy) is 3. The fraction of sp³-hybridized carbons (Fsp3) is 0.818. The van der Waals surface area contributed by atoms with Crippen molar-refractivity contribution >= 4 is 11.9 Å². The molecular weight excluding hydrogens is 231 g/mol. The molecule has 1 fully saturated rings. The molecule has 0 aromatic rings. The molecule has 0 radical (unpaired) electrons. The second-order valence-electron chi connectivity index (χ2n) is 4.17. The van der Waals surface area contributed by atoms with E-state index in [1.165, 1.54) is 13.8 Å². The van der Waals surface area contributed by atoms with Crippen molar-refractivity contribution in [1.82, 2.24) is 0 Å². The van der Waals surface area contributed by atoms with E-state index in [1.807, 2.05) is 0 Å². The topological polar surface area (TPSA) is 61.8 Å². The summed E-state index contributed by atoms with van der Waals surface area (Å²) in [5.74, 6) is -1.33. The number of halogens is 1. The van der Waals surface area contributed by atoms with Gasteiger partial charge in [0.2, 0.25) is 6.29 Å². The molecule has 0 N–H and O–H groups in total. The molecule has 4 atom stereocenters. The number of carbonyl (C=O) groups is 2. The first-order valence-electron chi connectivity index (χ1n) is 5.50. The summed E-state index contributed by atoms with van der Waals surface area (Å²) in [6, 6.07) is 0. The van der Waals surface area contributed by atoms with E-state index in [-0.39, 0.29) is 5.92 Å². The summed E-state index contributed by atoms with van der Waals surface area (Å²) in [6.07, 6.45) is -1.66. The number of rotatable bonds is 4. The maximum atomic E-state index is 12.5. The summed E-state index contributed by atoms with van der Waals surface area (Å²) in [6.45, 7) is 3.65. The molecule has 17 heavy (non-hydrogen) atoms.